The lowest BCUT2D eigenvalue weighted by Crippen LogP contribution is -2.40. The van der Waals surface area contributed by atoms with Crippen LogP contribution in [0.4, 0.5) is 0 Å². The molecule has 1 N–H and O–H groups in total. The third-order valence-corrected chi connectivity index (χ3v) is 4.66. The summed E-state index contributed by atoms with van der Waals surface area (Å²) >= 11 is 0. The van der Waals surface area contributed by atoms with Crippen molar-refractivity contribution in [1.29, 1.82) is 0 Å². The molecule has 2 rings (SSSR count). The van der Waals surface area contributed by atoms with Gasteiger partial charge >= 0.3 is 0 Å². The van der Waals surface area contributed by atoms with E-state index in [1.54, 1.807) is 12.2 Å². The van der Waals surface area contributed by atoms with Crippen molar-refractivity contribution in [2.24, 2.45) is 5.92 Å². The van der Waals surface area contributed by atoms with E-state index in [0.717, 1.165) is 18.4 Å². The van der Waals surface area contributed by atoms with Gasteiger partial charge in [0.2, 0.25) is 10.0 Å². The standard InChI is InChI=1S/C16H21NO3S/c1-2-16(15-8-11-20-12-9-15)17-21(18,19)13-10-14-6-4-3-5-7-14/h2-7,10,13,15-17H,1,8-9,11-12H2/b13-10+. The fourth-order valence-electron chi connectivity index (χ4n) is 2.37. The van der Waals surface area contributed by atoms with Crippen molar-refractivity contribution >= 4 is 16.1 Å². The van der Waals surface area contributed by atoms with Crippen molar-refractivity contribution in [3.63, 3.8) is 0 Å². The number of sulfonamides is 1. The van der Waals surface area contributed by atoms with Gasteiger partial charge in [-0.3, -0.25) is 0 Å². The Labute approximate surface area is 126 Å². The fourth-order valence-corrected chi connectivity index (χ4v) is 3.46. The van der Waals surface area contributed by atoms with Crippen LogP contribution in [-0.2, 0) is 14.8 Å². The molecule has 1 atom stereocenters. The number of hydrogen-bond acceptors (Lipinski definition) is 3. The van der Waals surface area contributed by atoms with Crippen LogP contribution in [0.25, 0.3) is 6.08 Å². The summed E-state index contributed by atoms with van der Waals surface area (Å²) in [5.74, 6) is 0.246. The molecular formula is C16H21NO3S. The van der Waals surface area contributed by atoms with Gasteiger partial charge in [-0.2, -0.15) is 0 Å². The largest absolute Gasteiger partial charge is 0.381 e. The summed E-state index contributed by atoms with van der Waals surface area (Å²) in [7, 11) is -3.48. The van der Waals surface area contributed by atoms with Gasteiger partial charge in [-0.25, -0.2) is 13.1 Å². The van der Waals surface area contributed by atoms with Gasteiger partial charge in [0.05, 0.1) is 0 Å². The number of nitrogens with one attached hydrogen (secondary N) is 1. The molecule has 1 unspecified atom stereocenters. The third kappa shape index (κ3) is 5.12. The van der Waals surface area contributed by atoms with Crippen molar-refractivity contribution in [2.75, 3.05) is 13.2 Å². The van der Waals surface area contributed by atoms with Gasteiger partial charge in [-0.15, -0.1) is 6.58 Å². The Morgan fingerprint density at radius 1 is 1.24 bits per heavy atom. The molecule has 0 bridgehead atoms. The summed E-state index contributed by atoms with van der Waals surface area (Å²) in [5, 5.41) is 1.21. The molecule has 21 heavy (non-hydrogen) atoms. The van der Waals surface area contributed by atoms with Crippen LogP contribution in [0.2, 0.25) is 0 Å². The Hall–Kier alpha value is -1.43. The van der Waals surface area contributed by atoms with Gasteiger partial charge in [-0.05, 0) is 30.4 Å². The second-order valence-corrected chi connectivity index (χ2v) is 6.69. The van der Waals surface area contributed by atoms with Crippen molar-refractivity contribution in [3.05, 3.63) is 54.0 Å². The number of ether oxygens (including phenoxy) is 1. The lowest BCUT2D eigenvalue weighted by atomic mass is 9.92. The molecule has 0 amide bonds. The Bertz CT molecular complexity index is 575. The molecule has 1 aliphatic heterocycles. The molecule has 1 fully saturated rings. The first-order valence-corrected chi connectivity index (χ1v) is 8.61. The van der Waals surface area contributed by atoms with Gasteiger partial charge in [0.25, 0.3) is 0 Å². The topological polar surface area (TPSA) is 55.4 Å². The lowest BCUT2D eigenvalue weighted by Gasteiger charge is -2.28. The minimum atomic E-state index is -3.48. The molecule has 0 aromatic heterocycles. The molecule has 1 aliphatic rings. The molecule has 0 radical (unpaired) electrons. The molecule has 0 saturated carbocycles. The Kier molecular flexibility index (Phi) is 5.73. The molecule has 1 aromatic rings. The van der Waals surface area contributed by atoms with Gasteiger partial charge in [-0.1, -0.05) is 36.4 Å². The molecule has 114 valence electrons. The number of benzene rings is 1. The first-order valence-electron chi connectivity index (χ1n) is 7.06. The zero-order valence-electron chi connectivity index (χ0n) is 11.9. The van der Waals surface area contributed by atoms with Crippen molar-refractivity contribution in [3.8, 4) is 0 Å². The highest BCUT2D eigenvalue weighted by Crippen LogP contribution is 2.20. The quantitative estimate of drug-likeness (QED) is 0.822. The minimum Gasteiger partial charge on any atom is -0.381 e. The average Bonchev–Trinajstić information content (AvgIpc) is 2.53. The summed E-state index contributed by atoms with van der Waals surface area (Å²) in [5.41, 5.74) is 0.851. The summed E-state index contributed by atoms with van der Waals surface area (Å²) < 4.78 is 32.3. The summed E-state index contributed by atoms with van der Waals surface area (Å²) in [6.45, 7) is 5.10. The second-order valence-electron chi connectivity index (χ2n) is 5.09. The second kappa shape index (κ2) is 7.54. The summed E-state index contributed by atoms with van der Waals surface area (Å²) in [4.78, 5) is 0. The Morgan fingerprint density at radius 2 is 1.90 bits per heavy atom. The van der Waals surface area contributed by atoms with E-state index in [1.807, 2.05) is 30.3 Å². The smallest absolute Gasteiger partial charge is 0.234 e. The van der Waals surface area contributed by atoms with Gasteiger partial charge in [0, 0.05) is 24.7 Å². The number of rotatable bonds is 6. The van der Waals surface area contributed by atoms with Crippen LogP contribution in [-0.4, -0.2) is 27.7 Å². The Balaban J connectivity index is 2.01. The van der Waals surface area contributed by atoms with E-state index in [-0.39, 0.29) is 12.0 Å². The van der Waals surface area contributed by atoms with E-state index < -0.39 is 10.0 Å². The van der Waals surface area contributed by atoms with E-state index in [4.69, 9.17) is 4.74 Å². The molecule has 1 aromatic carbocycles. The van der Waals surface area contributed by atoms with E-state index in [0.29, 0.717) is 13.2 Å². The maximum atomic E-state index is 12.1. The van der Waals surface area contributed by atoms with Crippen LogP contribution in [0.3, 0.4) is 0 Å². The van der Waals surface area contributed by atoms with Crippen LogP contribution in [0.15, 0.2) is 48.4 Å². The maximum Gasteiger partial charge on any atom is 0.234 e. The average molecular weight is 307 g/mol. The van der Waals surface area contributed by atoms with E-state index >= 15 is 0 Å². The van der Waals surface area contributed by atoms with E-state index in [9.17, 15) is 8.42 Å². The van der Waals surface area contributed by atoms with Crippen molar-refractivity contribution in [1.82, 2.24) is 4.72 Å². The highest BCUT2D eigenvalue weighted by Gasteiger charge is 2.24. The molecule has 1 saturated heterocycles. The van der Waals surface area contributed by atoms with Gasteiger partial charge in [0.15, 0.2) is 0 Å². The van der Waals surface area contributed by atoms with E-state index in [2.05, 4.69) is 11.3 Å². The van der Waals surface area contributed by atoms with Crippen LogP contribution < -0.4 is 4.72 Å². The highest BCUT2D eigenvalue weighted by molar-refractivity contribution is 7.92. The minimum absolute atomic E-state index is 0.246. The summed E-state index contributed by atoms with van der Waals surface area (Å²) in [6.07, 6.45) is 4.96. The zero-order valence-corrected chi connectivity index (χ0v) is 12.8. The SMILES string of the molecule is C=CC(NS(=O)(=O)/C=C/c1ccccc1)C1CCOCC1. The van der Waals surface area contributed by atoms with Crippen LogP contribution in [0, 0.1) is 5.92 Å². The van der Waals surface area contributed by atoms with Crippen LogP contribution in [0.5, 0.6) is 0 Å². The first kappa shape index (κ1) is 15.9. The monoisotopic (exact) mass is 307 g/mol. The number of hydrogen-bond donors (Lipinski definition) is 1. The predicted molar refractivity (Wildman–Crippen MR) is 85.1 cm³/mol. The molecule has 0 spiro atoms. The molecule has 0 aliphatic carbocycles. The fraction of sp³-hybridized carbons (Fsp3) is 0.375. The van der Waals surface area contributed by atoms with Crippen molar-refractivity contribution < 1.29 is 13.2 Å². The Morgan fingerprint density at radius 3 is 2.52 bits per heavy atom. The van der Waals surface area contributed by atoms with Crippen molar-refractivity contribution in [2.45, 2.75) is 18.9 Å². The zero-order chi connectivity index (χ0) is 15.1. The first-order chi connectivity index (χ1) is 10.1. The normalized spacial score (nSPS) is 18.7. The summed E-state index contributed by atoms with van der Waals surface area (Å²) in [6, 6.07) is 9.09. The molecule has 4 nitrogen and oxygen atoms in total. The van der Waals surface area contributed by atoms with Crippen LogP contribution in [0.1, 0.15) is 18.4 Å². The molecular weight excluding hydrogens is 286 g/mol. The van der Waals surface area contributed by atoms with Crippen LogP contribution >= 0.6 is 0 Å². The van der Waals surface area contributed by atoms with E-state index in [1.165, 1.54) is 5.41 Å². The van der Waals surface area contributed by atoms with Gasteiger partial charge in [0.1, 0.15) is 0 Å². The predicted octanol–water partition coefficient (Wildman–Crippen LogP) is 2.56. The lowest BCUT2D eigenvalue weighted by molar-refractivity contribution is 0.0614. The third-order valence-electron chi connectivity index (χ3n) is 3.57. The maximum absolute atomic E-state index is 12.1. The van der Waals surface area contributed by atoms with Gasteiger partial charge < -0.3 is 4.74 Å². The molecule has 5 heteroatoms. The highest BCUT2D eigenvalue weighted by atomic mass is 32.2. The molecule has 1 heterocycles.